The Morgan fingerprint density at radius 3 is 2.28 bits per heavy atom. The van der Waals surface area contributed by atoms with E-state index in [1.807, 2.05) is 3.96 Å². The molecule has 1 nitrogen and oxygen atoms in total. The van der Waals surface area contributed by atoms with Gasteiger partial charge in [-0.2, -0.15) is 0 Å². The van der Waals surface area contributed by atoms with Crippen LogP contribution in [0.4, 0.5) is 0 Å². The van der Waals surface area contributed by atoms with E-state index in [0.29, 0.717) is 0 Å². The molecular weight excluding hydrogens is 419 g/mol. The maximum absolute atomic E-state index is 6.11. The minimum atomic E-state index is -1.66. The van der Waals surface area contributed by atoms with Gasteiger partial charge in [-0.25, -0.2) is 0 Å². The van der Waals surface area contributed by atoms with Gasteiger partial charge in [0, 0.05) is 0 Å². The van der Waals surface area contributed by atoms with Crippen molar-refractivity contribution in [2.45, 2.75) is 62.1 Å². The van der Waals surface area contributed by atoms with E-state index in [4.69, 9.17) is 4.43 Å². The van der Waals surface area contributed by atoms with Crippen LogP contribution in [0.3, 0.4) is 0 Å². The van der Waals surface area contributed by atoms with Gasteiger partial charge in [0.05, 0.1) is 0 Å². The molecule has 0 atom stereocenters. The van der Waals surface area contributed by atoms with Gasteiger partial charge in [-0.1, -0.05) is 0 Å². The van der Waals surface area contributed by atoms with E-state index in [9.17, 15) is 0 Å². The summed E-state index contributed by atoms with van der Waals surface area (Å²) in [7, 11) is -1.66. The summed E-state index contributed by atoms with van der Waals surface area (Å²) in [6.07, 6.45) is 6.22. The first-order valence-corrected chi connectivity index (χ1v) is 17.5. The summed E-state index contributed by atoms with van der Waals surface area (Å²) in [6, 6.07) is 0. The number of rotatable bonds is 6. The van der Waals surface area contributed by atoms with E-state index in [2.05, 4.69) is 49.0 Å². The van der Waals surface area contributed by atoms with Crippen molar-refractivity contribution >= 4 is 8.32 Å². The van der Waals surface area contributed by atoms with Crippen molar-refractivity contribution in [3.05, 3.63) is 20.8 Å². The summed E-state index contributed by atoms with van der Waals surface area (Å²) in [5.41, 5.74) is 1.70. The standard InChI is InChI=1S/C12H21OSi.3CH3.Pt/c1-5-8-11-9-7-10-12(11)14(3,4)13-6-2;;;;/h10H,5-8H2,1-4H3;3*1H3;. The van der Waals surface area contributed by atoms with Crippen LogP contribution in [0.1, 0.15) is 33.1 Å². The number of hydrogen-bond donors (Lipinski definition) is 0. The third-order valence-corrected chi connectivity index (χ3v) is 11.4. The Labute approximate surface area is 118 Å². The van der Waals surface area contributed by atoms with Crippen LogP contribution in [0.5, 0.6) is 0 Å². The second-order valence-electron chi connectivity index (χ2n) is 5.78. The molecule has 0 saturated carbocycles. The molecule has 0 spiro atoms. The summed E-state index contributed by atoms with van der Waals surface area (Å²) >= 11 is -1.61. The van der Waals surface area contributed by atoms with Crippen molar-refractivity contribution < 1.29 is 20.5 Å². The summed E-state index contributed by atoms with van der Waals surface area (Å²) in [5, 5.41) is 9.16. The summed E-state index contributed by atoms with van der Waals surface area (Å²) in [6.45, 7) is 9.98. The van der Waals surface area contributed by atoms with Gasteiger partial charge >= 0.3 is 118 Å². The molecule has 3 heteroatoms. The van der Waals surface area contributed by atoms with Gasteiger partial charge in [0.1, 0.15) is 0 Å². The topological polar surface area (TPSA) is 9.23 Å². The first kappa shape index (κ1) is 16.4. The predicted octanol–water partition coefficient (Wildman–Crippen LogP) is 5.45. The molecule has 18 heavy (non-hydrogen) atoms. The van der Waals surface area contributed by atoms with Gasteiger partial charge in [0.2, 0.25) is 0 Å². The van der Waals surface area contributed by atoms with Crippen LogP contribution >= 0.6 is 0 Å². The zero-order valence-electron chi connectivity index (χ0n) is 13.1. The van der Waals surface area contributed by atoms with E-state index < -0.39 is 24.4 Å². The molecule has 0 N–H and O–H groups in total. The molecule has 0 aromatic carbocycles. The Kier molecular flexibility index (Phi) is 5.65. The zero-order valence-corrected chi connectivity index (χ0v) is 16.4. The van der Waals surface area contributed by atoms with Crippen LogP contribution < -0.4 is 0 Å². The second-order valence-corrected chi connectivity index (χ2v) is 21.2. The average Bonchev–Trinajstić information content (AvgIpc) is 2.62. The fourth-order valence-electron chi connectivity index (χ4n) is 2.61. The molecule has 0 bridgehead atoms. The monoisotopic (exact) mass is 449 g/mol. The van der Waals surface area contributed by atoms with E-state index in [0.717, 1.165) is 6.61 Å². The first-order chi connectivity index (χ1) is 8.24. The Morgan fingerprint density at radius 2 is 1.83 bits per heavy atom. The van der Waals surface area contributed by atoms with Crippen LogP contribution in [0, 0.1) is 0 Å². The van der Waals surface area contributed by atoms with Gasteiger partial charge < -0.3 is 0 Å². The van der Waals surface area contributed by atoms with Gasteiger partial charge in [0.25, 0.3) is 0 Å². The Morgan fingerprint density at radius 1 is 1.22 bits per heavy atom. The molecule has 0 amide bonds. The van der Waals surface area contributed by atoms with Crippen molar-refractivity contribution in [2.75, 3.05) is 6.61 Å². The van der Waals surface area contributed by atoms with Crippen molar-refractivity contribution in [3.8, 4) is 0 Å². The van der Waals surface area contributed by atoms with E-state index in [-0.39, 0.29) is 0 Å². The van der Waals surface area contributed by atoms with Crippen LogP contribution in [0.15, 0.2) is 20.8 Å². The van der Waals surface area contributed by atoms with Gasteiger partial charge in [-0.3, -0.25) is 0 Å². The zero-order chi connectivity index (χ0) is 14.0. The Hall–Kier alpha value is 0.345. The molecule has 0 radical (unpaired) electrons. The summed E-state index contributed by atoms with van der Waals surface area (Å²) in [5.74, 6) is 0. The molecule has 0 saturated heterocycles. The van der Waals surface area contributed by atoms with Crippen LogP contribution in [0.2, 0.25) is 29.0 Å². The van der Waals surface area contributed by atoms with E-state index in [1.165, 1.54) is 19.3 Å². The molecule has 1 aliphatic rings. The van der Waals surface area contributed by atoms with Crippen molar-refractivity contribution in [2.24, 2.45) is 0 Å². The molecule has 0 unspecified atom stereocenters. The number of hydrogen-bond acceptors (Lipinski definition) is 1. The van der Waals surface area contributed by atoms with Gasteiger partial charge in [0.15, 0.2) is 0 Å². The Balaban J connectivity index is 3.11. The van der Waals surface area contributed by atoms with Crippen LogP contribution in [0.25, 0.3) is 0 Å². The van der Waals surface area contributed by atoms with E-state index in [1.54, 1.807) is 10.8 Å². The van der Waals surface area contributed by atoms with E-state index >= 15 is 0 Å². The van der Waals surface area contributed by atoms with Gasteiger partial charge in [-0.15, -0.1) is 0 Å². The molecule has 0 aromatic rings. The maximum atomic E-state index is 6.11. The molecule has 1 rings (SSSR count). The third kappa shape index (κ3) is 3.68. The fraction of sp³-hybridized carbons (Fsp3) is 0.733. The second kappa shape index (κ2) is 6.20. The molecule has 0 aromatic heterocycles. The quantitative estimate of drug-likeness (QED) is 0.490. The minimum absolute atomic E-state index is 0.849. The summed E-state index contributed by atoms with van der Waals surface area (Å²) in [4.78, 5) is 0. The van der Waals surface area contributed by atoms with Crippen LogP contribution in [-0.4, -0.2) is 14.9 Å². The van der Waals surface area contributed by atoms with Gasteiger partial charge in [-0.05, 0) is 0 Å². The van der Waals surface area contributed by atoms with Crippen molar-refractivity contribution in [1.29, 1.82) is 0 Å². The van der Waals surface area contributed by atoms with Crippen molar-refractivity contribution in [1.82, 2.24) is 0 Å². The molecule has 1 aliphatic carbocycles. The SMILES string of the molecule is CCCC1=[C]([Pt]([CH3])([CH3])[CH3])CC=C1[Si](C)(C)OCC. The fourth-order valence-corrected chi connectivity index (χ4v) is 9.61. The first-order valence-electron chi connectivity index (χ1n) is 6.67. The molecule has 110 valence electrons. The molecule has 0 aliphatic heterocycles. The molecule has 0 heterocycles. The normalized spacial score (nSPS) is 18.3. The van der Waals surface area contributed by atoms with Crippen LogP contribution in [-0.2, 0) is 20.5 Å². The molecular formula is C15H30OPtSi. The molecule has 0 fully saturated rings. The average molecular weight is 450 g/mol. The summed E-state index contributed by atoms with van der Waals surface area (Å²) < 4.78 is 7.93. The third-order valence-electron chi connectivity index (χ3n) is 3.33. The van der Waals surface area contributed by atoms with Crippen molar-refractivity contribution in [3.63, 3.8) is 0 Å². The number of allylic oxidation sites excluding steroid dienone is 4. The predicted molar refractivity (Wildman–Crippen MR) is 81.3 cm³/mol. The Bertz CT molecular complexity index is 361.